The summed E-state index contributed by atoms with van der Waals surface area (Å²) in [7, 11) is 4.16. The molecule has 1 atom stereocenters. The fourth-order valence-corrected chi connectivity index (χ4v) is 2.28. The van der Waals surface area contributed by atoms with Crippen LogP contribution in [-0.4, -0.2) is 48.1 Å². The third-order valence-electron chi connectivity index (χ3n) is 2.99. The largest absolute Gasteiger partial charge is 0.370 e. The molecule has 120 valence electrons. The zero-order valence-corrected chi connectivity index (χ0v) is 14.0. The molecule has 1 rings (SSSR count). The van der Waals surface area contributed by atoms with Gasteiger partial charge in [0.05, 0.1) is 0 Å². The van der Waals surface area contributed by atoms with E-state index in [4.69, 9.17) is 5.73 Å². The van der Waals surface area contributed by atoms with Gasteiger partial charge in [-0.2, -0.15) is 9.97 Å². The van der Waals surface area contributed by atoms with Gasteiger partial charge in [0.15, 0.2) is 0 Å². The van der Waals surface area contributed by atoms with Crippen molar-refractivity contribution in [1.29, 1.82) is 0 Å². The second kappa shape index (κ2) is 8.67. The summed E-state index contributed by atoms with van der Waals surface area (Å²) in [5.41, 5.74) is 5.80. The van der Waals surface area contributed by atoms with E-state index in [1.165, 1.54) is 0 Å². The number of nitrogens with one attached hydrogen (secondary N) is 2. The van der Waals surface area contributed by atoms with Crippen molar-refractivity contribution in [2.24, 2.45) is 5.92 Å². The molecule has 0 saturated carbocycles. The molecule has 0 amide bonds. The first-order valence-corrected chi connectivity index (χ1v) is 7.70. The van der Waals surface area contributed by atoms with Crippen LogP contribution in [0.2, 0.25) is 0 Å². The molecular formula is C15H30N6. The Bertz CT molecular complexity index is 409. The summed E-state index contributed by atoms with van der Waals surface area (Å²) in [5.74, 6) is 2.49. The van der Waals surface area contributed by atoms with E-state index in [1.54, 1.807) is 0 Å². The minimum atomic E-state index is 0.298. The lowest BCUT2D eigenvalue weighted by Gasteiger charge is -2.24. The molecule has 0 aromatic carbocycles. The number of nitrogens with zero attached hydrogens (tertiary/aromatic N) is 3. The molecule has 1 unspecified atom stereocenters. The highest BCUT2D eigenvalue weighted by Gasteiger charge is 2.13. The Kier molecular flexibility index (Phi) is 7.22. The van der Waals surface area contributed by atoms with Crippen LogP contribution in [0.4, 0.5) is 17.6 Å². The van der Waals surface area contributed by atoms with Crippen molar-refractivity contribution in [2.75, 3.05) is 43.6 Å². The van der Waals surface area contributed by atoms with Gasteiger partial charge in [0.2, 0.25) is 5.95 Å². The van der Waals surface area contributed by atoms with Crippen LogP contribution in [0.5, 0.6) is 0 Å². The van der Waals surface area contributed by atoms with Gasteiger partial charge < -0.3 is 21.3 Å². The maximum absolute atomic E-state index is 5.80. The molecule has 1 aromatic rings. The molecule has 4 N–H and O–H groups in total. The molecule has 0 aliphatic carbocycles. The Hall–Kier alpha value is -1.56. The van der Waals surface area contributed by atoms with Crippen LogP contribution in [0.25, 0.3) is 0 Å². The van der Waals surface area contributed by atoms with Crippen molar-refractivity contribution in [1.82, 2.24) is 14.9 Å². The minimum Gasteiger partial charge on any atom is -0.370 e. The molecule has 1 heterocycles. The third kappa shape index (κ3) is 7.13. The average Bonchev–Trinajstić information content (AvgIpc) is 2.33. The van der Waals surface area contributed by atoms with Gasteiger partial charge in [-0.1, -0.05) is 20.8 Å². The van der Waals surface area contributed by atoms with Crippen LogP contribution in [0.1, 0.15) is 33.6 Å². The number of rotatable bonds is 9. The molecule has 21 heavy (non-hydrogen) atoms. The first kappa shape index (κ1) is 17.5. The monoisotopic (exact) mass is 294 g/mol. The Morgan fingerprint density at radius 1 is 1.24 bits per heavy atom. The van der Waals surface area contributed by atoms with Gasteiger partial charge in [-0.25, -0.2) is 0 Å². The number of anilines is 3. The summed E-state index contributed by atoms with van der Waals surface area (Å²) in [6, 6.07) is 2.27. The normalized spacial score (nSPS) is 12.7. The molecule has 0 spiro atoms. The number of hydrogen-bond acceptors (Lipinski definition) is 6. The number of hydrogen-bond donors (Lipinski definition) is 3. The van der Waals surface area contributed by atoms with Crippen LogP contribution in [0, 0.1) is 5.92 Å². The van der Waals surface area contributed by atoms with E-state index in [9.17, 15) is 0 Å². The van der Waals surface area contributed by atoms with Crippen molar-refractivity contribution < 1.29 is 0 Å². The van der Waals surface area contributed by atoms with E-state index in [1.807, 2.05) is 6.07 Å². The maximum atomic E-state index is 5.80. The van der Waals surface area contributed by atoms with E-state index in [0.717, 1.165) is 37.6 Å². The Morgan fingerprint density at radius 2 is 1.90 bits per heavy atom. The highest BCUT2D eigenvalue weighted by molar-refractivity contribution is 5.51. The summed E-state index contributed by atoms with van der Waals surface area (Å²) < 4.78 is 0. The summed E-state index contributed by atoms with van der Waals surface area (Å²) in [6.07, 6.45) is 2.13. The Balaban J connectivity index is 2.78. The molecule has 0 fully saturated rings. The van der Waals surface area contributed by atoms with Gasteiger partial charge >= 0.3 is 0 Å². The van der Waals surface area contributed by atoms with Gasteiger partial charge in [-0.05, 0) is 32.9 Å². The molecule has 0 saturated heterocycles. The molecule has 6 heteroatoms. The standard InChI is InChI=1S/C15H30N6/c1-6-7-17-13-9-14(20-15(16)19-13)18-12(8-11(2)3)10-21(4)5/h9,11-12H,6-8,10H2,1-5H3,(H4,16,17,18,19,20). The molecule has 0 bridgehead atoms. The summed E-state index contributed by atoms with van der Waals surface area (Å²) in [5, 5.41) is 6.74. The third-order valence-corrected chi connectivity index (χ3v) is 2.99. The molecule has 0 aliphatic rings. The van der Waals surface area contributed by atoms with Crippen LogP contribution in [0.15, 0.2) is 6.07 Å². The molecule has 1 aromatic heterocycles. The van der Waals surface area contributed by atoms with Crippen LogP contribution in [-0.2, 0) is 0 Å². The van der Waals surface area contributed by atoms with Crippen molar-refractivity contribution in [3.8, 4) is 0 Å². The zero-order valence-electron chi connectivity index (χ0n) is 14.0. The predicted molar refractivity (Wildman–Crippen MR) is 90.6 cm³/mol. The van der Waals surface area contributed by atoms with Gasteiger partial charge in [0, 0.05) is 25.2 Å². The van der Waals surface area contributed by atoms with Crippen LogP contribution >= 0.6 is 0 Å². The minimum absolute atomic E-state index is 0.298. The van der Waals surface area contributed by atoms with E-state index in [0.29, 0.717) is 17.9 Å². The smallest absolute Gasteiger partial charge is 0.223 e. The number of likely N-dealkylation sites (N-methyl/N-ethyl adjacent to an activating group) is 1. The van der Waals surface area contributed by atoms with Crippen molar-refractivity contribution in [3.05, 3.63) is 6.07 Å². The zero-order chi connectivity index (χ0) is 15.8. The summed E-state index contributed by atoms with van der Waals surface area (Å²) in [6.45, 7) is 8.41. The molecule has 6 nitrogen and oxygen atoms in total. The lowest BCUT2D eigenvalue weighted by Crippen LogP contribution is -2.33. The van der Waals surface area contributed by atoms with Crippen LogP contribution < -0.4 is 16.4 Å². The fourth-order valence-electron chi connectivity index (χ4n) is 2.28. The fraction of sp³-hybridized carbons (Fsp3) is 0.733. The highest BCUT2D eigenvalue weighted by atomic mass is 15.2. The van der Waals surface area contributed by atoms with Crippen molar-refractivity contribution in [2.45, 2.75) is 39.7 Å². The quantitative estimate of drug-likeness (QED) is 0.648. The SMILES string of the molecule is CCCNc1cc(NC(CC(C)C)CN(C)C)nc(N)n1. The number of nitrogens with two attached hydrogens (primary N) is 1. The van der Waals surface area contributed by atoms with Crippen molar-refractivity contribution >= 4 is 17.6 Å². The lowest BCUT2D eigenvalue weighted by molar-refractivity contribution is 0.356. The van der Waals surface area contributed by atoms with E-state index >= 15 is 0 Å². The predicted octanol–water partition coefficient (Wildman–Crippen LogP) is 2.27. The Morgan fingerprint density at radius 3 is 2.48 bits per heavy atom. The van der Waals surface area contributed by atoms with Gasteiger partial charge in [0.25, 0.3) is 0 Å². The van der Waals surface area contributed by atoms with E-state index < -0.39 is 0 Å². The number of nitrogen functional groups attached to an aromatic ring is 1. The van der Waals surface area contributed by atoms with Gasteiger partial charge in [0.1, 0.15) is 11.6 Å². The second-order valence-corrected chi connectivity index (χ2v) is 6.16. The van der Waals surface area contributed by atoms with Crippen molar-refractivity contribution in [3.63, 3.8) is 0 Å². The van der Waals surface area contributed by atoms with E-state index in [-0.39, 0.29) is 0 Å². The summed E-state index contributed by atoms with van der Waals surface area (Å²) in [4.78, 5) is 10.7. The summed E-state index contributed by atoms with van der Waals surface area (Å²) >= 11 is 0. The Labute approximate surface area is 128 Å². The van der Waals surface area contributed by atoms with Crippen LogP contribution in [0.3, 0.4) is 0 Å². The van der Waals surface area contributed by atoms with Gasteiger partial charge in [-0.3, -0.25) is 0 Å². The average molecular weight is 294 g/mol. The van der Waals surface area contributed by atoms with Gasteiger partial charge in [-0.15, -0.1) is 0 Å². The topological polar surface area (TPSA) is 79.1 Å². The first-order chi connectivity index (χ1) is 9.90. The first-order valence-electron chi connectivity index (χ1n) is 7.70. The lowest BCUT2D eigenvalue weighted by atomic mass is 10.0. The van der Waals surface area contributed by atoms with E-state index in [2.05, 4.69) is 60.4 Å². The molecular weight excluding hydrogens is 264 g/mol. The number of aromatic nitrogens is 2. The highest BCUT2D eigenvalue weighted by Crippen LogP contribution is 2.16. The second-order valence-electron chi connectivity index (χ2n) is 6.16. The maximum Gasteiger partial charge on any atom is 0.223 e. The molecule has 0 radical (unpaired) electrons. The molecule has 0 aliphatic heterocycles.